The molecule has 0 saturated carbocycles. The summed E-state index contributed by atoms with van der Waals surface area (Å²) in [6.45, 7) is 4.88. The van der Waals surface area contributed by atoms with Crippen molar-refractivity contribution in [2.45, 2.75) is 38.8 Å². The molecule has 0 aromatic heterocycles. The largest absolute Gasteiger partial charge is 0.353 e. The Morgan fingerprint density at radius 3 is 2.52 bits per heavy atom. The average Bonchev–Trinajstić information content (AvgIpc) is 2.95. The van der Waals surface area contributed by atoms with Crippen LogP contribution in [-0.4, -0.2) is 69.7 Å². The van der Waals surface area contributed by atoms with Crippen molar-refractivity contribution in [3.8, 4) is 0 Å². The van der Waals surface area contributed by atoms with E-state index in [1.165, 1.54) is 0 Å². The Balaban J connectivity index is 0.00000484. The van der Waals surface area contributed by atoms with Gasteiger partial charge in [-0.15, -0.1) is 12.4 Å². The zero-order chi connectivity index (χ0) is 16.8. The smallest absolute Gasteiger partial charge is 0.235 e. The highest BCUT2D eigenvalue weighted by Gasteiger charge is 2.24. The van der Waals surface area contributed by atoms with E-state index in [0.717, 1.165) is 19.5 Å². The molecular formula is C13H27ClN4O4S. The van der Waals surface area contributed by atoms with Gasteiger partial charge in [0.2, 0.25) is 21.8 Å². The summed E-state index contributed by atoms with van der Waals surface area (Å²) in [4.78, 5) is 25.0. The molecule has 0 aliphatic carbocycles. The minimum atomic E-state index is -3.64. The van der Waals surface area contributed by atoms with Gasteiger partial charge in [0.05, 0.1) is 12.3 Å². The van der Waals surface area contributed by atoms with Crippen LogP contribution in [0, 0.1) is 0 Å². The monoisotopic (exact) mass is 370 g/mol. The number of likely N-dealkylation sites (N-methyl/N-ethyl adjacent to an activating group) is 1. The summed E-state index contributed by atoms with van der Waals surface area (Å²) in [5.41, 5.74) is 0. The fourth-order valence-electron chi connectivity index (χ4n) is 2.19. The lowest BCUT2D eigenvalue weighted by atomic mass is 10.2. The summed E-state index contributed by atoms with van der Waals surface area (Å²) in [6, 6.07) is 0.0761. The Bertz CT molecular complexity index is 492. The van der Waals surface area contributed by atoms with Crippen LogP contribution in [0.4, 0.5) is 0 Å². The maximum absolute atomic E-state index is 12.0. The number of carbonyl (C=O) groups excluding carboxylic acids is 2. The number of amides is 2. The quantitative estimate of drug-likeness (QED) is 0.511. The first-order valence-electron chi connectivity index (χ1n) is 7.44. The lowest BCUT2D eigenvalue weighted by Crippen LogP contribution is -2.42. The Morgan fingerprint density at radius 2 is 2.00 bits per heavy atom. The number of hydrogen-bond donors (Lipinski definition) is 3. The molecule has 0 aromatic rings. The Hall–Kier alpha value is -0.900. The lowest BCUT2D eigenvalue weighted by molar-refractivity contribution is -0.131. The predicted octanol–water partition coefficient (Wildman–Crippen LogP) is -0.937. The number of rotatable bonds is 8. The highest BCUT2D eigenvalue weighted by molar-refractivity contribution is 7.89. The number of hydrogen-bond acceptors (Lipinski definition) is 5. The van der Waals surface area contributed by atoms with Gasteiger partial charge in [-0.1, -0.05) is 0 Å². The van der Waals surface area contributed by atoms with Gasteiger partial charge >= 0.3 is 0 Å². The van der Waals surface area contributed by atoms with Crippen molar-refractivity contribution in [3.63, 3.8) is 0 Å². The Morgan fingerprint density at radius 1 is 1.35 bits per heavy atom. The van der Waals surface area contributed by atoms with Gasteiger partial charge in [-0.05, 0) is 26.8 Å². The van der Waals surface area contributed by atoms with E-state index in [0.29, 0.717) is 0 Å². The Labute approximate surface area is 144 Å². The van der Waals surface area contributed by atoms with Crippen LogP contribution in [0.1, 0.15) is 26.7 Å². The topological polar surface area (TPSA) is 108 Å². The zero-order valence-corrected chi connectivity index (χ0v) is 15.4. The van der Waals surface area contributed by atoms with E-state index in [2.05, 4.69) is 15.4 Å². The van der Waals surface area contributed by atoms with Gasteiger partial charge in [-0.2, -0.15) is 0 Å². The summed E-state index contributed by atoms with van der Waals surface area (Å²) < 4.78 is 25.8. The van der Waals surface area contributed by atoms with Crippen molar-refractivity contribution in [2.75, 3.05) is 32.4 Å². The molecule has 1 aliphatic rings. The zero-order valence-electron chi connectivity index (χ0n) is 13.8. The second-order valence-corrected chi connectivity index (χ2v) is 7.69. The third kappa shape index (κ3) is 8.50. The summed E-state index contributed by atoms with van der Waals surface area (Å²) in [5, 5.41) is 5.75. The summed E-state index contributed by atoms with van der Waals surface area (Å²) in [6.07, 6.45) is 0.788. The van der Waals surface area contributed by atoms with Crippen LogP contribution in [0.15, 0.2) is 0 Å². The molecule has 1 atom stereocenters. The molecule has 0 aromatic carbocycles. The van der Waals surface area contributed by atoms with Crippen molar-refractivity contribution in [2.24, 2.45) is 0 Å². The molecule has 1 rings (SSSR count). The van der Waals surface area contributed by atoms with Gasteiger partial charge in [-0.25, -0.2) is 13.1 Å². The first-order chi connectivity index (χ1) is 10.2. The minimum Gasteiger partial charge on any atom is -0.353 e. The van der Waals surface area contributed by atoms with Crippen molar-refractivity contribution in [3.05, 3.63) is 0 Å². The van der Waals surface area contributed by atoms with Crippen LogP contribution in [0.3, 0.4) is 0 Å². The molecule has 8 nitrogen and oxygen atoms in total. The van der Waals surface area contributed by atoms with E-state index in [1.54, 1.807) is 25.8 Å². The molecule has 2 amide bonds. The number of carbonyl (C=O) groups is 2. The fourth-order valence-corrected chi connectivity index (χ4v) is 3.13. The van der Waals surface area contributed by atoms with Crippen LogP contribution in [0.25, 0.3) is 0 Å². The van der Waals surface area contributed by atoms with Crippen LogP contribution < -0.4 is 15.4 Å². The molecule has 23 heavy (non-hydrogen) atoms. The van der Waals surface area contributed by atoms with E-state index in [4.69, 9.17) is 0 Å². The normalized spacial score (nSPS) is 17.7. The summed E-state index contributed by atoms with van der Waals surface area (Å²) >= 11 is 0. The molecular weight excluding hydrogens is 344 g/mol. The lowest BCUT2D eigenvalue weighted by Gasteiger charge is -2.23. The molecule has 10 heteroatoms. The number of sulfonamides is 1. The fraction of sp³-hybridized carbons (Fsp3) is 0.846. The number of halogens is 1. The molecule has 1 fully saturated rings. The van der Waals surface area contributed by atoms with Crippen LogP contribution in [-0.2, 0) is 19.6 Å². The highest BCUT2D eigenvalue weighted by atomic mass is 35.5. The Kier molecular flexibility index (Phi) is 9.67. The molecule has 0 spiro atoms. The molecule has 136 valence electrons. The average molecular weight is 371 g/mol. The molecule has 1 unspecified atom stereocenters. The molecule has 3 N–H and O–H groups in total. The van der Waals surface area contributed by atoms with E-state index in [1.807, 2.05) is 0 Å². The summed E-state index contributed by atoms with van der Waals surface area (Å²) in [7, 11) is -1.95. The van der Waals surface area contributed by atoms with Gasteiger partial charge in [0.25, 0.3) is 0 Å². The maximum Gasteiger partial charge on any atom is 0.235 e. The second-order valence-electron chi connectivity index (χ2n) is 5.76. The predicted molar refractivity (Wildman–Crippen MR) is 91.0 cm³/mol. The van der Waals surface area contributed by atoms with Crippen molar-refractivity contribution >= 4 is 34.2 Å². The van der Waals surface area contributed by atoms with Crippen molar-refractivity contribution < 1.29 is 18.0 Å². The van der Waals surface area contributed by atoms with Crippen LogP contribution in [0.2, 0.25) is 0 Å². The van der Waals surface area contributed by atoms with Crippen LogP contribution in [0.5, 0.6) is 0 Å². The first kappa shape index (κ1) is 22.1. The van der Waals surface area contributed by atoms with E-state index in [-0.39, 0.29) is 55.0 Å². The van der Waals surface area contributed by atoms with Gasteiger partial charge in [0.1, 0.15) is 0 Å². The maximum atomic E-state index is 12.0. The third-order valence-electron chi connectivity index (χ3n) is 3.46. The first-order valence-corrected chi connectivity index (χ1v) is 9.09. The summed E-state index contributed by atoms with van der Waals surface area (Å²) in [5.74, 6) is -0.907. The van der Waals surface area contributed by atoms with Gasteiger partial charge in [0, 0.05) is 32.1 Å². The minimum absolute atomic E-state index is 0. The van der Waals surface area contributed by atoms with E-state index >= 15 is 0 Å². The number of nitrogens with zero attached hydrogens (tertiary/aromatic N) is 1. The molecule has 1 saturated heterocycles. The molecule has 0 bridgehead atoms. The van der Waals surface area contributed by atoms with Gasteiger partial charge in [0.15, 0.2) is 0 Å². The van der Waals surface area contributed by atoms with Crippen LogP contribution >= 0.6 is 12.4 Å². The highest BCUT2D eigenvalue weighted by Crippen LogP contribution is 2.08. The third-order valence-corrected chi connectivity index (χ3v) is 4.79. The van der Waals surface area contributed by atoms with Gasteiger partial charge < -0.3 is 15.5 Å². The second kappa shape index (κ2) is 10.1. The van der Waals surface area contributed by atoms with E-state index in [9.17, 15) is 18.0 Å². The van der Waals surface area contributed by atoms with Gasteiger partial charge in [-0.3, -0.25) is 9.59 Å². The molecule has 1 heterocycles. The molecule has 1 aliphatic heterocycles. The van der Waals surface area contributed by atoms with Crippen molar-refractivity contribution in [1.29, 1.82) is 0 Å². The standard InChI is InChI=1S/C13H26N4O4S.ClH/c1-10(2)16-12(18)9-15-22(20,21)7-5-13(19)17(3)11-4-6-14-8-11;/h10-11,14-15H,4-9H2,1-3H3,(H,16,18);1H. The SMILES string of the molecule is CC(C)NC(=O)CNS(=O)(=O)CCC(=O)N(C)C1CCNC1.Cl. The van der Waals surface area contributed by atoms with Crippen molar-refractivity contribution in [1.82, 2.24) is 20.3 Å². The number of nitrogens with one attached hydrogen (secondary N) is 3. The van der Waals surface area contributed by atoms with E-state index < -0.39 is 10.0 Å². The molecule has 0 radical (unpaired) electrons.